The van der Waals surface area contributed by atoms with Gasteiger partial charge in [-0.05, 0) is 30.3 Å². The molecule has 1 aliphatic heterocycles. The predicted molar refractivity (Wildman–Crippen MR) is 90.5 cm³/mol. The Bertz CT molecular complexity index is 783. The van der Waals surface area contributed by atoms with Crippen molar-refractivity contribution in [2.75, 3.05) is 0 Å². The van der Waals surface area contributed by atoms with Crippen LogP contribution in [0.2, 0.25) is 10.0 Å². The Morgan fingerprint density at radius 3 is 2.76 bits per heavy atom. The zero-order valence-corrected chi connectivity index (χ0v) is 13.5. The molecule has 0 saturated carbocycles. The molecular weight excluding hydrogens is 349 g/mol. The molecule has 1 amide bonds. The number of rotatable bonds is 2. The number of furan rings is 1. The summed E-state index contributed by atoms with van der Waals surface area (Å²) >= 11 is 18.2. The van der Waals surface area contributed by atoms with Crippen molar-refractivity contribution in [3.05, 3.63) is 51.0 Å². The highest BCUT2D eigenvalue weighted by molar-refractivity contribution is 8.26. The van der Waals surface area contributed by atoms with Crippen LogP contribution in [0.1, 0.15) is 5.76 Å². The van der Waals surface area contributed by atoms with E-state index >= 15 is 0 Å². The molecule has 1 aliphatic rings. The first-order chi connectivity index (χ1) is 10.0. The Kier molecular flexibility index (Phi) is 4.08. The number of amides is 1. The highest BCUT2D eigenvalue weighted by Crippen LogP contribution is 2.33. The second kappa shape index (κ2) is 5.85. The molecule has 2 heterocycles. The van der Waals surface area contributed by atoms with Crippen molar-refractivity contribution >= 4 is 63.5 Å². The summed E-state index contributed by atoms with van der Waals surface area (Å²) in [6, 6.07) is 8.68. The summed E-state index contributed by atoms with van der Waals surface area (Å²) in [7, 11) is 0. The molecule has 3 nitrogen and oxygen atoms in total. The van der Waals surface area contributed by atoms with Crippen LogP contribution in [0.15, 0.2) is 39.7 Å². The van der Waals surface area contributed by atoms with Crippen molar-refractivity contribution in [3.8, 4) is 11.3 Å². The zero-order valence-electron chi connectivity index (χ0n) is 10.4. The van der Waals surface area contributed by atoms with Gasteiger partial charge in [-0.25, -0.2) is 0 Å². The highest BCUT2D eigenvalue weighted by Gasteiger charge is 2.22. The van der Waals surface area contributed by atoms with E-state index < -0.39 is 0 Å². The first-order valence-corrected chi connectivity index (χ1v) is 7.81. The first-order valence-electron chi connectivity index (χ1n) is 5.83. The summed E-state index contributed by atoms with van der Waals surface area (Å²) in [6.07, 6.45) is 1.64. The average molecular weight is 356 g/mol. The van der Waals surface area contributed by atoms with Gasteiger partial charge in [0, 0.05) is 16.7 Å². The SMILES string of the molecule is O=C1NC(=S)S/C1=C\c1ccc(-c2cc(Cl)ccc2Cl)o1. The predicted octanol–water partition coefficient (Wildman–Crippen LogP) is 4.74. The molecule has 1 saturated heterocycles. The summed E-state index contributed by atoms with van der Waals surface area (Å²) in [5.41, 5.74) is 0.702. The number of thioether (sulfide) groups is 1. The van der Waals surface area contributed by atoms with Crippen molar-refractivity contribution in [3.63, 3.8) is 0 Å². The maximum absolute atomic E-state index is 11.6. The standard InChI is InChI=1S/C14H7Cl2NO2S2/c15-7-1-3-10(16)9(5-7)11-4-2-8(19-11)6-12-13(18)17-14(20)21-12/h1-6H,(H,17,18,20)/b12-6-. The van der Waals surface area contributed by atoms with Crippen LogP contribution in [0.3, 0.4) is 0 Å². The minimum Gasteiger partial charge on any atom is -0.457 e. The summed E-state index contributed by atoms with van der Waals surface area (Å²) in [4.78, 5) is 12.1. The molecule has 0 spiro atoms. The second-order valence-electron chi connectivity index (χ2n) is 4.18. The monoisotopic (exact) mass is 355 g/mol. The highest BCUT2D eigenvalue weighted by atomic mass is 35.5. The Hall–Kier alpha value is -1.27. The van der Waals surface area contributed by atoms with E-state index in [-0.39, 0.29) is 5.91 Å². The Labute approximate surface area is 140 Å². The number of halogens is 2. The van der Waals surface area contributed by atoms with Crippen LogP contribution in [0.4, 0.5) is 0 Å². The van der Waals surface area contributed by atoms with Gasteiger partial charge in [-0.2, -0.15) is 0 Å². The number of carbonyl (C=O) groups excluding carboxylic acids is 1. The van der Waals surface area contributed by atoms with Crippen molar-refractivity contribution < 1.29 is 9.21 Å². The maximum atomic E-state index is 11.6. The molecular formula is C14H7Cl2NO2S2. The van der Waals surface area contributed by atoms with Crippen LogP contribution >= 0.6 is 47.2 Å². The molecule has 106 valence electrons. The van der Waals surface area contributed by atoms with E-state index in [0.717, 1.165) is 0 Å². The number of benzene rings is 1. The van der Waals surface area contributed by atoms with Crippen LogP contribution in [-0.4, -0.2) is 10.2 Å². The molecule has 1 aromatic carbocycles. The molecule has 0 radical (unpaired) electrons. The lowest BCUT2D eigenvalue weighted by Crippen LogP contribution is -2.17. The minimum absolute atomic E-state index is 0.219. The lowest BCUT2D eigenvalue weighted by molar-refractivity contribution is -0.115. The fourth-order valence-electron chi connectivity index (χ4n) is 1.81. The normalized spacial score (nSPS) is 16.6. The fourth-order valence-corrected chi connectivity index (χ4v) is 3.22. The van der Waals surface area contributed by atoms with Gasteiger partial charge in [0.1, 0.15) is 15.8 Å². The Morgan fingerprint density at radius 2 is 2.05 bits per heavy atom. The molecule has 2 aromatic rings. The molecule has 1 N–H and O–H groups in total. The summed E-state index contributed by atoms with van der Waals surface area (Å²) < 4.78 is 6.14. The van der Waals surface area contributed by atoms with Crippen LogP contribution in [0, 0.1) is 0 Å². The maximum Gasteiger partial charge on any atom is 0.263 e. The van der Waals surface area contributed by atoms with Gasteiger partial charge in [0.2, 0.25) is 0 Å². The van der Waals surface area contributed by atoms with Gasteiger partial charge in [0.25, 0.3) is 5.91 Å². The van der Waals surface area contributed by atoms with Gasteiger partial charge in [0.15, 0.2) is 0 Å². The lowest BCUT2D eigenvalue weighted by atomic mass is 10.2. The molecule has 0 aliphatic carbocycles. The summed E-state index contributed by atoms with van der Waals surface area (Å²) in [6.45, 7) is 0. The van der Waals surface area contributed by atoms with Gasteiger partial charge in [-0.15, -0.1) is 0 Å². The van der Waals surface area contributed by atoms with Gasteiger partial charge < -0.3 is 9.73 Å². The molecule has 0 atom stereocenters. The van der Waals surface area contributed by atoms with Crippen molar-refractivity contribution in [1.82, 2.24) is 5.32 Å². The quantitative estimate of drug-likeness (QED) is 0.623. The van der Waals surface area contributed by atoms with E-state index in [0.29, 0.717) is 36.4 Å². The third kappa shape index (κ3) is 3.16. The Balaban J connectivity index is 1.94. The fraction of sp³-hybridized carbons (Fsp3) is 0. The number of carbonyl (C=O) groups is 1. The summed E-state index contributed by atoms with van der Waals surface area (Å²) in [5, 5.41) is 3.66. The molecule has 21 heavy (non-hydrogen) atoms. The van der Waals surface area contributed by atoms with Crippen molar-refractivity contribution in [2.24, 2.45) is 0 Å². The molecule has 1 aromatic heterocycles. The van der Waals surface area contributed by atoms with Crippen LogP contribution in [0.25, 0.3) is 17.4 Å². The van der Waals surface area contributed by atoms with E-state index in [2.05, 4.69) is 5.32 Å². The largest absolute Gasteiger partial charge is 0.457 e. The van der Waals surface area contributed by atoms with Gasteiger partial charge >= 0.3 is 0 Å². The number of nitrogens with one attached hydrogen (secondary N) is 1. The van der Waals surface area contributed by atoms with E-state index in [1.165, 1.54) is 11.8 Å². The Morgan fingerprint density at radius 1 is 1.24 bits per heavy atom. The van der Waals surface area contributed by atoms with Crippen LogP contribution in [-0.2, 0) is 4.79 Å². The van der Waals surface area contributed by atoms with Crippen molar-refractivity contribution in [1.29, 1.82) is 0 Å². The second-order valence-corrected chi connectivity index (χ2v) is 6.74. The number of thiocarbonyl (C=S) groups is 1. The van der Waals surface area contributed by atoms with Crippen LogP contribution in [0.5, 0.6) is 0 Å². The first kappa shape index (κ1) is 14.7. The van der Waals surface area contributed by atoms with Crippen LogP contribution < -0.4 is 5.32 Å². The smallest absolute Gasteiger partial charge is 0.263 e. The molecule has 1 fully saturated rings. The topological polar surface area (TPSA) is 42.2 Å². The van der Waals surface area contributed by atoms with Gasteiger partial charge in [0.05, 0.1) is 9.93 Å². The van der Waals surface area contributed by atoms with Gasteiger partial charge in [-0.3, -0.25) is 4.79 Å². The minimum atomic E-state index is -0.219. The lowest BCUT2D eigenvalue weighted by Gasteiger charge is -2.01. The third-order valence-corrected chi connectivity index (χ3v) is 4.46. The van der Waals surface area contributed by atoms with E-state index in [1.54, 1.807) is 36.4 Å². The third-order valence-electron chi connectivity index (χ3n) is 2.74. The van der Waals surface area contributed by atoms with E-state index in [4.69, 9.17) is 39.8 Å². The molecule has 3 rings (SSSR count). The average Bonchev–Trinajstić information content (AvgIpc) is 3.00. The molecule has 7 heteroatoms. The molecule has 0 bridgehead atoms. The van der Waals surface area contributed by atoms with Crippen molar-refractivity contribution in [2.45, 2.75) is 0 Å². The molecule has 0 unspecified atom stereocenters. The van der Waals surface area contributed by atoms with E-state index in [1.807, 2.05) is 0 Å². The number of hydrogen-bond donors (Lipinski definition) is 1. The van der Waals surface area contributed by atoms with E-state index in [9.17, 15) is 4.79 Å². The number of hydrogen-bond acceptors (Lipinski definition) is 4. The summed E-state index contributed by atoms with van der Waals surface area (Å²) in [5.74, 6) is 0.910. The zero-order chi connectivity index (χ0) is 15.0. The van der Waals surface area contributed by atoms with Gasteiger partial charge in [-0.1, -0.05) is 47.2 Å².